The molecule has 8 aliphatic rings. The van der Waals surface area contributed by atoms with Gasteiger partial charge in [0.2, 0.25) is 23.5 Å². The van der Waals surface area contributed by atoms with Gasteiger partial charge >= 0.3 is 0 Å². The van der Waals surface area contributed by atoms with E-state index in [1.807, 2.05) is 170 Å². The number of piperidine rings is 4. The molecule has 0 N–H and O–H groups in total. The lowest BCUT2D eigenvalue weighted by molar-refractivity contribution is 0.0459. The van der Waals surface area contributed by atoms with Crippen LogP contribution in [0.1, 0.15) is 127 Å². The number of nitrogens with zero attached hydrogens (tertiary/aromatic N) is 18. The molecule has 608 valence electrons. The van der Waals surface area contributed by atoms with Crippen LogP contribution >= 0.6 is 0 Å². The average molecular weight is 1610 g/mol. The minimum absolute atomic E-state index is 0.000758. The standard InChI is InChI=1S/2C24H24N4O2.2C22H20FN5O2/c1-15-6-9-22(26-13-15)30-21-12-17-11-20(21)28(14-17)24(29)18-8-7-16(2)27-23(18)19-5-3-4-10-25-19;1-15-6-7-22(26-12-15)30-21-11-17-10-20(21)28(14-17)24(29)23-18(9-16(2)13-27-23)19-5-3-4-8-25-19;1-13-4-5-19(25-9-13)30-18-8-14-7-17(18)28(12-14)22(29)16-3-2-6-24-20(16)21-26-10-15(23)11-27-21;1-13-4-5-19(25-9-13)30-18-8-14-7-17(18)28(12-14)22(29)20-16(3-2-6-24-20)21-26-10-15(23)11-27-21/h3-10,13,17,20-21H,11-12,14H2,1-2H3;3-9,12-13,17,20-21H,10-11,14H2,1-2H3;2*2-6,9-11,14,17-18H,7-8,12H2,1H3. The van der Waals surface area contributed by atoms with Crippen LogP contribution in [0, 0.1) is 76.8 Å². The summed E-state index contributed by atoms with van der Waals surface area (Å²) in [6, 6.07) is 39.5. The number of carbonyl (C=O) groups excluding carboxylic acids is 4. The second-order valence-electron chi connectivity index (χ2n) is 32.2. The Kier molecular flexibility index (Phi) is 22.8. The molecule has 4 aliphatic carbocycles. The molecular weight excluding hydrogens is 1520 g/mol. The summed E-state index contributed by atoms with van der Waals surface area (Å²) in [5.74, 6) is 3.16. The molecule has 4 amide bonds. The van der Waals surface area contributed by atoms with E-state index in [1.165, 1.54) is 0 Å². The quantitative estimate of drug-likeness (QED) is 0.0868. The van der Waals surface area contributed by atoms with Crippen molar-refractivity contribution in [2.45, 2.75) is 141 Å². The lowest BCUT2D eigenvalue weighted by atomic mass is 10.0. The second-order valence-corrected chi connectivity index (χ2v) is 32.2. The van der Waals surface area contributed by atoms with Gasteiger partial charge in [-0.05, 0) is 211 Å². The van der Waals surface area contributed by atoms with Crippen molar-refractivity contribution in [3.63, 3.8) is 0 Å². The van der Waals surface area contributed by atoms with E-state index in [-0.39, 0.29) is 89.6 Å². The van der Waals surface area contributed by atoms with Crippen molar-refractivity contribution in [1.82, 2.24) is 89.4 Å². The SMILES string of the molecule is Cc1ccc(OC2CC3CC2N(C(=O)c2ccc(C)nc2-c2ccccn2)C3)nc1.Cc1ccc(OC2CC3CC2N(C(=O)c2cccnc2-c2ncc(F)cn2)C3)nc1.Cc1ccc(OC2CC3CC2N(C(=O)c2ncc(C)cc2-c2ccccn2)C3)nc1.Cc1ccc(OC2CC3CC2N(C(=O)c2ncccc2-c2ncc(F)cn2)C3)nc1. The molecule has 4 saturated heterocycles. The largest absolute Gasteiger partial charge is 0.472 e. The molecule has 12 atom stereocenters. The number of likely N-dealkylation sites (tertiary alicyclic amines) is 4. The van der Waals surface area contributed by atoms with Gasteiger partial charge in [-0.1, -0.05) is 36.4 Å². The van der Waals surface area contributed by atoms with E-state index in [4.69, 9.17) is 18.9 Å². The third-order valence-corrected chi connectivity index (χ3v) is 23.5. The highest BCUT2D eigenvalue weighted by Gasteiger charge is 2.53. The van der Waals surface area contributed by atoms with Gasteiger partial charge < -0.3 is 38.5 Å². The molecule has 12 aromatic heterocycles. The van der Waals surface area contributed by atoms with Crippen molar-refractivity contribution in [2.75, 3.05) is 26.2 Å². The monoisotopic (exact) mass is 1610 g/mol. The lowest BCUT2D eigenvalue weighted by Crippen LogP contribution is -2.47. The van der Waals surface area contributed by atoms with Crippen molar-refractivity contribution in [3.05, 3.63) is 276 Å². The molecule has 0 radical (unpaired) electrons. The molecule has 16 heterocycles. The first-order chi connectivity index (χ1) is 58.3. The van der Waals surface area contributed by atoms with Gasteiger partial charge in [0, 0.05) is 117 Å². The van der Waals surface area contributed by atoms with Gasteiger partial charge in [0.05, 0.1) is 77.0 Å². The molecule has 0 aromatic carbocycles. The highest BCUT2D eigenvalue weighted by molar-refractivity contribution is 6.02. The van der Waals surface area contributed by atoms with Crippen LogP contribution in [0.3, 0.4) is 0 Å². The Morgan fingerprint density at radius 3 is 1.12 bits per heavy atom. The van der Waals surface area contributed by atoms with Crippen molar-refractivity contribution >= 4 is 23.6 Å². The van der Waals surface area contributed by atoms with E-state index in [2.05, 4.69) is 69.8 Å². The number of hydrogen-bond donors (Lipinski definition) is 0. The Balaban J connectivity index is 0.000000114. The minimum atomic E-state index is -0.538. The molecule has 12 unspecified atom stereocenters. The van der Waals surface area contributed by atoms with Crippen LogP contribution in [0.5, 0.6) is 23.5 Å². The maximum Gasteiger partial charge on any atom is 0.273 e. The van der Waals surface area contributed by atoms with Gasteiger partial charge in [-0.3, -0.25) is 49.1 Å². The first kappa shape index (κ1) is 79.1. The number of halogens is 2. The van der Waals surface area contributed by atoms with Crippen LogP contribution in [-0.2, 0) is 0 Å². The fourth-order valence-corrected chi connectivity index (χ4v) is 17.9. The molecule has 20 rings (SSSR count). The fourth-order valence-electron chi connectivity index (χ4n) is 17.9. The van der Waals surface area contributed by atoms with E-state index < -0.39 is 11.6 Å². The maximum absolute atomic E-state index is 13.6. The van der Waals surface area contributed by atoms with Gasteiger partial charge in [0.25, 0.3) is 23.6 Å². The molecule has 8 fully saturated rings. The average Bonchev–Trinajstić information content (AvgIpc) is 1.62. The van der Waals surface area contributed by atoms with Crippen molar-refractivity contribution in [3.8, 4) is 69.1 Å². The highest BCUT2D eigenvalue weighted by Crippen LogP contribution is 2.46. The topological polar surface area (TPSA) is 299 Å². The lowest BCUT2D eigenvalue weighted by Gasteiger charge is -2.33. The van der Waals surface area contributed by atoms with Gasteiger partial charge in [0.1, 0.15) is 47.2 Å². The predicted molar refractivity (Wildman–Crippen MR) is 439 cm³/mol. The van der Waals surface area contributed by atoms with Crippen LogP contribution in [-0.4, -0.2) is 188 Å². The first-order valence-electron chi connectivity index (χ1n) is 40.6. The zero-order valence-electron chi connectivity index (χ0n) is 67.1. The third-order valence-electron chi connectivity index (χ3n) is 23.5. The van der Waals surface area contributed by atoms with E-state index in [1.54, 1.807) is 73.8 Å². The molecule has 4 aliphatic heterocycles. The number of aromatic nitrogens is 14. The Hall–Kier alpha value is -13.4. The van der Waals surface area contributed by atoms with Gasteiger partial charge in [-0.15, -0.1) is 0 Å². The second kappa shape index (κ2) is 34.7. The van der Waals surface area contributed by atoms with Crippen LogP contribution in [0.15, 0.2) is 208 Å². The van der Waals surface area contributed by atoms with Crippen LogP contribution in [0.25, 0.3) is 45.6 Å². The highest BCUT2D eigenvalue weighted by atomic mass is 19.1. The summed E-state index contributed by atoms with van der Waals surface area (Å²) in [7, 11) is 0. The van der Waals surface area contributed by atoms with Crippen molar-refractivity contribution < 1.29 is 46.9 Å². The number of aryl methyl sites for hydroxylation is 6. The molecule has 0 spiro atoms. The number of ether oxygens (including phenoxy) is 4. The Morgan fingerprint density at radius 2 is 0.708 bits per heavy atom. The summed E-state index contributed by atoms with van der Waals surface area (Å²) in [6.45, 7) is 14.7. The molecule has 28 heteroatoms. The summed E-state index contributed by atoms with van der Waals surface area (Å²) in [5, 5.41) is 0. The van der Waals surface area contributed by atoms with Gasteiger partial charge in [0.15, 0.2) is 23.3 Å². The fraction of sp³-hybridized carbons (Fsp3) is 0.326. The number of amides is 4. The molecule has 120 heavy (non-hydrogen) atoms. The van der Waals surface area contributed by atoms with E-state index in [0.717, 1.165) is 134 Å². The molecule has 8 bridgehead atoms. The Bertz CT molecular complexity index is 5330. The number of rotatable bonds is 16. The smallest absolute Gasteiger partial charge is 0.273 e. The number of fused-ring (bicyclic) bond motifs is 8. The van der Waals surface area contributed by atoms with E-state index >= 15 is 0 Å². The predicted octanol–water partition coefficient (Wildman–Crippen LogP) is 13.8. The number of hydrogen-bond acceptors (Lipinski definition) is 22. The van der Waals surface area contributed by atoms with Gasteiger partial charge in [-0.2, -0.15) is 0 Å². The van der Waals surface area contributed by atoms with Crippen LogP contribution in [0.2, 0.25) is 0 Å². The van der Waals surface area contributed by atoms with Crippen LogP contribution < -0.4 is 18.9 Å². The molecule has 12 aromatic rings. The minimum Gasteiger partial charge on any atom is -0.472 e. The zero-order valence-corrected chi connectivity index (χ0v) is 67.1. The number of carbonyl (C=O) groups is 4. The van der Waals surface area contributed by atoms with Crippen molar-refractivity contribution in [2.24, 2.45) is 23.7 Å². The normalized spacial score (nSPS) is 22.3. The summed E-state index contributed by atoms with van der Waals surface area (Å²) in [5.41, 5.74) is 11.7. The molecular formula is C92H88F2N18O8. The van der Waals surface area contributed by atoms with Crippen molar-refractivity contribution in [1.29, 1.82) is 0 Å². The maximum atomic E-state index is 13.6. The summed E-state index contributed by atoms with van der Waals surface area (Å²) in [4.78, 5) is 122. The summed E-state index contributed by atoms with van der Waals surface area (Å²) >= 11 is 0. The van der Waals surface area contributed by atoms with Crippen LogP contribution in [0.4, 0.5) is 8.78 Å². The number of pyridine rings is 10. The van der Waals surface area contributed by atoms with E-state index in [9.17, 15) is 28.0 Å². The molecule has 26 nitrogen and oxygen atoms in total. The third kappa shape index (κ3) is 17.3. The zero-order chi connectivity index (χ0) is 82.7. The van der Waals surface area contributed by atoms with E-state index in [0.29, 0.717) is 99.7 Å². The Morgan fingerprint density at radius 1 is 0.325 bits per heavy atom. The summed E-state index contributed by atoms with van der Waals surface area (Å²) in [6.07, 6.45) is 27.0. The Labute approximate surface area is 692 Å². The molecule has 4 saturated carbocycles. The summed E-state index contributed by atoms with van der Waals surface area (Å²) < 4.78 is 51.0. The van der Waals surface area contributed by atoms with Gasteiger partial charge in [-0.25, -0.2) is 48.7 Å². The first-order valence-corrected chi connectivity index (χ1v) is 40.6.